The van der Waals surface area contributed by atoms with E-state index in [1.54, 1.807) is 48.5 Å². The van der Waals surface area contributed by atoms with E-state index in [9.17, 15) is 14.4 Å². The van der Waals surface area contributed by atoms with Gasteiger partial charge in [-0.2, -0.15) is 0 Å². The number of esters is 2. The number of carbonyl (C=O) groups excluding carboxylic acids is 2. The molecule has 35 heavy (non-hydrogen) atoms. The van der Waals surface area contributed by atoms with E-state index < -0.39 is 17.6 Å². The summed E-state index contributed by atoms with van der Waals surface area (Å²) >= 11 is 0. The lowest BCUT2D eigenvalue weighted by atomic mass is 10.1. The second kappa shape index (κ2) is 13.3. The Morgan fingerprint density at radius 1 is 0.800 bits per heavy atom. The fraction of sp³-hybridized carbons (Fsp3) is 0.393. The summed E-state index contributed by atoms with van der Waals surface area (Å²) in [6, 6.07) is 13.0. The molecule has 0 atom stereocenters. The van der Waals surface area contributed by atoms with Gasteiger partial charge in [0.05, 0.1) is 12.2 Å². The maximum absolute atomic E-state index is 12.8. The Labute approximate surface area is 205 Å². The lowest BCUT2D eigenvalue weighted by molar-refractivity contribution is -0.131. The first-order chi connectivity index (χ1) is 17.0. The standard InChI is InChI=1S/C28H32O7/c1-3-4-5-6-7-8-9-13-19-32-25-24-22(33-20(2)29)17-14-18-23(24)34-28(31)26(25)35-27(30)21-15-11-10-12-16-21/h10-12,14-18H,3-9,13,19H2,1-2H3. The molecular formula is C28H32O7. The van der Waals surface area contributed by atoms with Crippen LogP contribution < -0.4 is 19.8 Å². The summed E-state index contributed by atoms with van der Waals surface area (Å²) in [7, 11) is 0. The van der Waals surface area contributed by atoms with Crippen LogP contribution in [-0.4, -0.2) is 18.5 Å². The molecule has 0 aliphatic heterocycles. The van der Waals surface area contributed by atoms with Crippen molar-refractivity contribution in [3.05, 3.63) is 64.5 Å². The van der Waals surface area contributed by atoms with Gasteiger partial charge in [-0.1, -0.05) is 76.1 Å². The molecule has 0 unspecified atom stereocenters. The summed E-state index contributed by atoms with van der Waals surface area (Å²) in [5.74, 6) is -1.45. The van der Waals surface area contributed by atoms with E-state index >= 15 is 0 Å². The Hall–Kier alpha value is -3.61. The molecule has 1 heterocycles. The number of ether oxygens (including phenoxy) is 3. The van der Waals surface area contributed by atoms with Crippen molar-refractivity contribution in [1.29, 1.82) is 0 Å². The number of fused-ring (bicyclic) bond motifs is 1. The highest BCUT2D eigenvalue weighted by Gasteiger charge is 2.24. The fourth-order valence-electron chi connectivity index (χ4n) is 3.77. The van der Waals surface area contributed by atoms with Crippen molar-refractivity contribution >= 4 is 22.9 Å². The van der Waals surface area contributed by atoms with Crippen molar-refractivity contribution in [3.63, 3.8) is 0 Å². The van der Waals surface area contributed by atoms with Crippen LogP contribution >= 0.6 is 0 Å². The first-order valence-corrected chi connectivity index (χ1v) is 12.2. The van der Waals surface area contributed by atoms with Crippen molar-refractivity contribution in [2.24, 2.45) is 0 Å². The number of rotatable bonds is 13. The molecule has 2 aromatic carbocycles. The van der Waals surface area contributed by atoms with Crippen LogP contribution in [0.2, 0.25) is 0 Å². The lowest BCUT2D eigenvalue weighted by Gasteiger charge is -2.15. The molecule has 0 saturated heterocycles. The molecule has 0 spiro atoms. The third kappa shape index (κ3) is 7.44. The molecule has 0 radical (unpaired) electrons. The van der Waals surface area contributed by atoms with Crippen LogP contribution in [0.1, 0.15) is 75.6 Å². The summed E-state index contributed by atoms with van der Waals surface area (Å²) in [6.45, 7) is 3.77. The van der Waals surface area contributed by atoms with Crippen LogP contribution in [-0.2, 0) is 4.79 Å². The van der Waals surface area contributed by atoms with Gasteiger partial charge in [0.1, 0.15) is 16.7 Å². The van der Waals surface area contributed by atoms with Crippen molar-refractivity contribution in [3.8, 4) is 17.2 Å². The number of hydrogen-bond acceptors (Lipinski definition) is 7. The molecule has 7 nitrogen and oxygen atoms in total. The Kier molecular flexibility index (Phi) is 9.90. The smallest absolute Gasteiger partial charge is 0.383 e. The van der Waals surface area contributed by atoms with Crippen molar-refractivity contribution in [2.45, 2.75) is 65.2 Å². The van der Waals surface area contributed by atoms with Gasteiger partial charge in [0.15, 0.2) is 5.75 Å². The first-order valence-electron chi connectivity index (χ1n) is 12.2. The molecule has 0 bridgehead atoms. The summed E-state index contributed by atoms with van der Waals surface area (Å²) in [6.07, 6.45) is 8.98. The maximum atomic E-state index is 12.8. The van der Waals surface area contributed by atoms with Gasteiger partial charge in [0, 0.05) is 6.92 Å². The van der Waals surface area contributed by atoms with E-state index in [-0.39, 0.29) is 33.8 Å². The predicted molar refractivity (Wildman–Crippen MR) is 133 cm³/mol. The van der Waals surface area contributed by atoms with E-state index in [4.69, 9.17) is 18.6 Å². The van der Waals surface area contributed by atoms with E-state index in [1.807, 2.05) is 0 Å². The molecule has 0 saturated carbocycles. The minimum absolute atomic E-state index is 0.0281. The quantitative estimate of drug-likeness (QED) is 0.120. The minimum atomic E-state index is -0.854. The van der Waals surface area contributed by atoms with E-state index in [1.165, 1.54) is 39.0 Å². The molecule has 0 aliphatic carbocycles. The average molecular weight is 481 g/mol. The van der Waals surface area contributed by atoms with Crippen LogP contribution in [0.5, 0.6) is 17.2 Å². The third-order valence-electron chi connectivity index (χ3n) is 5.51. The molecule has 3 rings (SSSR count). The zero-order valence-corrected chi connectivity index (χ0v) is 20.3. The summed E-state index contributed by atoms with van der Waals surface area (Å²) < 4.78 is 22.2. The van der Waals surface area contributed by atoms with E-state index in [0.29, 0.717) is 6.61 Å². The van der Waals surface area contributed by atoms with Gasteiger partial charge in [-0.15, -0.1) is 0 Å². The molecule has 7 heteroatoms. The van der Waals surface area contributed by atoms with Gasteiger partial charge >= 0.3 is 17.6 Å². The molecule has 0 amide bonds. The summed E-state index contributed by atoms with van der Waals surface area (Å²) in [5, 5.41) is 0.262. The Balaban J connectivity index is 1.85. The molecule has 0 aliphatic rings. The van der Waals surface area contributed by atoms with Gasteiger partial charge in [-0.05, 0) is 30.7 Å². The predicted octanol–water partition coefficient (Wildman–Crippen LogP) is 6.46. The van der Waals surface area contributed by atoms with E-state index in [2.05, 4.69) is 6.92 Å². The minimum Gasteiger partial charge on any atom is -0.489 e. The monoisotopic (exact) mass is 480 g/mol. The second-order valence-electron chi connectivity index (χ2n) is 8.35. The van der Waals surface area contributed by atoms with Crippen LogP contribution in [0.15, 0.2) is 57.7 Å². The molecule has 0 N–H and O–H groups in total. The van der Waals surface area contributed by atoms with E-state index in [0.717, 1.165) is 19.3 Å². The Bertz CT molecular complexity index is 1180. The highest BCUT2D eigenvalue weighted by Crippen LogP contribution is 2.39. The van der Waals surface area contributed by atoms with Gasteiger partial charge in [-0.25, -0.2) is 9.59 Å². The molecular weight excluding hydrogens is 448 g/mol. The number of unbranched alkanes of at least 4 members (excludes halogenated alkanes) is 7. The topological polar surface area (TPSA) is 92.0 Å². The number of benzene rings is 2. The largest absolute Gasteiger partial charge is 0.489 e. The highest BCUT2D eigenvalue weighted by atomic mass is 16.6. The number of hydrogen-bond donors (Lipinski definition) is 0. The molecule has 1 aromatic heterocycles. The van der Waals surface area contributed by atoms with Gasteiger partial charge in [0.25, 0.3) is 5.75 Å². The van der Waals surface area contributed by atoms with Crippen molar-refractivity contribution in [2.75, 3.05) is 6.61 Å². The van der Waals surface area contributed by atoms with Crippen LogP contribution in [0, 0.1) is 0 Å². The SMILES string of the molecule is CCCCCCCCCCOc1c(OC(=O)c2ccccc2)c(=O)oc2cccc(OC(C)=O)c12. The van der Waals surface area contributed by atoms with Gasteiger partial charge in [-0.3, -0.25) is 4.79 Å². The van der Waals surface area contributed by atoms with Crippen LogP contribution in [0.3, 0.4) is 0 Å². The highest BCUT2D eigenvalue weighted by molar-refractivity contribution is 5.96. The van der Waals surface area contributed by atoms with Gasteiger partial charge in [0.2, 0.25) is 0 Å². The normalized spacial score (nSPS) is 10.8. The summed E-state index contributed by atoms with van der Waals surface area (Å²) in [4.78, 5) is 37.1. The molecule has 0 fully saturated rings. The Morgan fingerprint density at radius 2 is 1.49 bits per heavy atom. The molecule has 186 valence electrons. The van der Waals surface area contributed by atoms with Gasteiger partial charge < -0.3 is 18.6 Å². The maximum Gasteiger partial charge on any atom is 0.383 e. The summed E-state index contributed by atoms with van der Waals surface area (Å²) in [5.41, 5.74) is -0.416. The first kappa shape index (κ1) is 26.0. The molecule has 3 aromatic rings. The lowest BCUT2D eigenvalue weighted by Crippen LogP contribution is -2.16. The zero-order chi connectivity index (χ0) is 25.0. The zero-order valence-electron chi connectivity index (χ0n) is 20.3. The third-order valence-corrected chi connectivity index (χ3v) is 5.51. The fourth-order valence-corrected chi connectivity index (χ4v) is 3.77. The van der Waals surface area contributed by atoms with Crippen molar-refractivity contribution in [1.82, 2.24) is 0 Å². The second-order valence-corrected chi connectivity index (χ2v) is 8.35. The Morgan fingerprint density at radius 3 is 2.17 bits per heavy atom. The number of carbonyl (C=O) groups is 2. The van der Waals surface area contributed by atoms with Crippen molar-refractivity contribution < 1.29 is 28.2 Å². The average Bonchev–Trinajstić information content (AvgIpc) is 2.84. The van der Waals surface area contributed by atoms with Crippen LogP contribution in [0.25, 0.3) is 11.0 Å². The van der Waals surface area contributed by atoms with Crippen LogP contribution in [0.4, 0.5) is 0 Å².